The Bertz CT molecular complexity index is 1090. The number of fused-ring (bicyclic) bond motifs is 2. The van der Waals surface area contributed by atoms with Gasteiger partial charge in [-0.2, -0.15) is 0 Å². The van der Waals surface area contributed by atoms with E-state index in [1.54, 1.807) is 26.4 Å². The molecular weight excluding hydrogens is 416 g/mol. The van der Waals surface area contributed by atoms with Crippen LogP contribution in [0.1, 0.15) is 46.1 Å². The Morgan fingerprint density at radius 1 is 1.06 bits per heavy atom. The molecule has 1 fully saturated rings. The number of nitrogens with one attached hydrogen (secondary N) is 1. The molecule has 1 aromatic heterocycles. The molecule has 172 valence electrons. The molecule has 6 heteroatoms. The maximum atomic E-state index is 12.8. The highest BCUT2D eigenvalue weighted by atomic mass is 16.5. The van der Waals surface area contributed by atoms with Crippen LogP contribution in [0.3, 0.4) is 0 Å². The molecule has 2 atom stereocenters. The molecule has 2 aliphatic rings. The van der Waals surface area contributed by atoms with E-state index in [1.807, 2.05) is 18.2 Å². The number of hydrogen-bond donors (Lipinski definition) is 1. The molecular formula is C27H30N2O4. The van der Waals surface area contributed by atoms with Gasteiger partial charge in [0.15, 0.2) is 5.76 Å². The summed E-state index contributed by atoms with van der Waals surface area (Å²) < 4.78 is 16.7. The second kappa shape index (κ2) is 9.04. The van der Waals surface area contributed by atoms with E-state index in [4.69, 9.17) is 13.9 Å². The van der Waals surface area contributed by atoms with Gasteiger partial charge in [-0.25, -0.2) is 0 Å². The van der Waals surface area contributed by atoms with E-state index in [1.165, 1.54) is 17.4 Å². The molecule has 0 saturated carbocycles. The first-order chi connectivity index (χ1) is 16.1. The molecule has 2 aromatic carbocycles. The van der Waals surface area contributed by atoms with Gasteiger partial charge in [0, 0.05) is 19.1 Å². The summed E-state index contributed by atoms with van der Waals surface area (Å²) in [6, 6.07) is 19.9. The van der Waals surface area contributed by atoms with Gasteiger partial charge < -0.3 is 19.2 Å². The topological polar surface area (TPSA) is 63.9 Å². The molecule has 2 heterocycles. The monoisotopic (exact) mass is 446 g/mol. The number of carbonyl (C=O) groups is 1. The van der Waals surface area contributed by atoms with E-state index < -0.39 is 0 Å². The third-order valence-electron chi connectivity index (χ3n) is 7.28. The number of benzene rings is 2. The number of likely N-dealkylation sites (tertiary alicyclic amines) is 1. The Morgan fingerprint density at radius 3 is 2.48 bits per heavy atom. The molecule has 1 saturated heterocycles. The maximum Gasteiger partial charge on any atom is 0.287 e. The minimum atomic E-state index is -0.212. The van der Waals surface area contributed by atoms with E-state index in [2.05, 4.69) is 40.5 Å². The van der Waals surface area contributed by atoms with Gasteiger partial charge in [0.05, 0.1) is 25.5 Å². The Kier molecular flexibility index (Phi) is 5.96. The van der Waals surface area contributed by atoms with Gasteiger partial charge in [-0.05, 0) is 66.9 Å². The lowest BCUT2D eigenvalue weighted by atomic mass is 9.72. The minimum Gasteiger partial charge on any atom is -0.497 e. The largest absolute Gasteiger partial charge is 0.497 e. The van der Waals surface area contributed by atoms with Gasteiger partial charge in [-0.15, -0.1) is 0 Å². The van der Waals surface area contributed by atoms with Gasteiger partial charge in [0.25, 0.3) is 5.91 Å². The minimum absolute atomic E-state index is 0.122. The number of furan rings is 1. The standard InChI is InChI=1S/C27H30N2O4/c1-31-20-11-9-19(10-12-20)18-29-15-13-27(14-16-29)22-7-4-3-6-21(22)24(25(27)32-2)28-26(30)23-8-5-17-33-23/h3-12,17,24-25H,13-16,18H2,1-2H3,(H,28,30)/t24-,25+/m1/s1. The lowest BCUT2D eigenvalue weighted by Gasteiger charge is -2.44. The molecule has 5 rings (SSSR count). The van der Waals surface area contributed by atoms with E-state index in [0.717, 1.165) is 43.8 Å². The van der Waals surface area contributed by atoms with Crippen molar-refractivity contribution in [2.24, 2.45) is 0 Å². The highest BCUT2D eigenvalue weighted by Crippen LogP contribution is 2.52. The smallest absolute Gasteiger partial charge is 0.287 e. The van der Waals surface area contributed by atoms with Crippen LogP contribution < -0.4 is 10.1 Å². The first-order valence-electron chi connectivity index (χ1n) is 11.5. The summed E-state index contributed by atoms with van der Waals surface area (Å²) >= 11 is 0. The number of carbonyl (C=O) groups excluding carboxylic acids is 1. The van der Waals surface area contributed by atoms with Crippen molar-refractivity contribution in [3.8, 4) is 5.75 Å². The van der Waals surface area contributed by atoms with Crippen molar-refractivity contribution >= 4 is 5.91 Å². The van der Waals surface area contributed by atoms with Crippen LogP contribution in [0.5, 0.6) is 5.75 Å². The quantitative estimate of drug-likeness (QED) is 0.611. The van der Waals surface area contributed by atoms with Crippen LogP contribution in [-0.2, 0) is 16.7 Å². The Morgan fingerprint density at radius 2 is 1.82 bits per heavy atom. The van der Waals surface area contributed by atoms with Crippen molar-refractivity contribution in [1.82, 2.24) is 10.2 Å². The number of piperidine rings is 1. The van der Waals surface area contributed by atoms with E-state index in [9.17, 15) is 4.79 Å². The third-order valence-corrected chi connectivity index (χ3v) is 7.28. The van der Waals surface area contributed by atoms with E-state index in [-0.39, 0.29) is 23.5 Å². The summed E-state index contributed by atoms with van der Waals surface area (Å²) in [5, 5.41) is 3.19. The molecule has 33 heavy (non-hydrogen) atoms. The predicted octanol–water partition coefficient (Wildman–Crippen LogP) is 4.32. The molecule has 3 aromatic rings. The fourth-order valence-corrected chi connectivity index (χ4v) is 5.65. The second-order valence-corrected chi connectivity index (χ2v) is 8.95. The fourth-order valence-electron chi connectivity index (χ4n) is 5.65. The van der Waals surface area contributed by atoms with Gasteiger partial charge in [-0.1, -0.05) is 36.4 Å². The maximum absolute atomic E-state index is 12.8. The first kappa shape index (κ1) is 21.7. The van der Waals surface area contributed by atoms with Gasteiger partial charge in [-0.3, -0.25) is 9.69 Å². The number of hydrogen-bond acceptors (Lipinski definition) is 5. The molecule has 1 amide bonds. The summed E-state index contributed by atoms with van der Waals surface area (Å²) in [4.78, 5) is 15.3. The predicted molar refractivity (Wildman–Crippen MR) is 125 cm³/mol. The zero-order valence-electron chi connectivity index (χ0n) is 19.1. The number of amides is 1. The van der Waals surface area contributed by atoms with Crippen LogP contribution in [0.4, 0.5) is 0 Å². The molecule has 1 aliphatic carbocycles. The highest BCUT2D eigenvalue weighted by Gasteiger charge is 2.54. The molecule has 1 N–H and O–H groups in total. The lowest BCUT2D eigenvalue weighted by molar-refractivity contribution is -0.0124. The SMILES string of the molecule is COc1ccc(CN2CCC3(CC2)c2ccccc2[C@@H](NC(=O)c2ccco2)[C@@H]3OC)cc1. The van der Waals surface area contributed by atoms with Gasteiger partial charge in [0.2, 0.25) is 0 Å². The summed E-state index contributed by atoms with van der Waals surface area (Å²) in [6.07, 6.45) is 3.35. The number of nitrogens with zero attached hydrogens (tertiary/aromatic N) is 1. The Hall–Kier alpha value is -3.09. The number of ether oxygens (including phenoxy) is 2. The summed E-state index contributed by atoms with van der Waals surface area (Å²) in [5.74, 6) is 0.984. The van der Waals surface area contributed by atoms with E-state index in [0.29, 0.717) is 5.76 Å². The van der Waals surface area contributed by atoms with Crippen molar-refractivity contribution in [2.45, 2.75) is 36.9 Å². The first-order valence-corrected chi connectivity index (χ1v) is 11.5. The molecule has 6 nitrogen and oxygen atoms in total. The van der Waals surface area contributed by atoms with Crippen LogP contribution in [-0.4, -0.2) is 44.2 Å². The number of methoxy groups -OCH3 is 2. The summed E-state index contributed by atoms with van der Waals surface area (Å²) in [5.41, 5.74) is 3.60. The zero-order chi connectivity index (χ0) is 22.8. The summed E-state index contributed by atoms with van der Waals surface area (Å²) in [7, 11) is 3.45. The van der Waals surface area contributed by atoms with Crippen molar-refractivity contribution in [3.63, 3.8) is 0 Å². The van der Waals surface area contributed by atoms with Crippen molar-refractivity contribution in [1.29, 1.82) is 0 Å². The van der Waals surface area contributed by atoms with Crippen LogP contribution in [0.15, 0.2) is 71.3 Å². The molecule has 0 bridgehead atoms. The molecule has 0 unspecified atom stereocenters. The number of rotatable bonds is 6. The zero-order valence-corrected chi connectivity index (χ0v) is 19.1. The van der Waals surface area contributed by atoms with Crippen LogP contribution in [0, 0.1) is 0 Å². The average molecular weight is 447 g/mol. The van der Waals surface area contributed by atoms with E-state index >= 15 is 0 Å². The van der Waals surface area contributed by atoms with Crippen molar-refractivity contribution in [2.75, 3.05) is 27.3 Å². The van der Waals surface area contributed by atoms with Crippen molar-refractivity contribution < 1.29 is 18.7 Å². The lowest BCUT2D eigenvalue weighted by Crippen LogP contribution is -2.50. The Labute approximate surface area is 194 Å². The molecule has 1 aliphatic heterocycles. The Balaban J connectivity index is 1.35. The fraction of sp³-hybridized carbons (Fsp3) is 0.370. The van der Waals surface area contributed by atoms with Crippen LogP contribution in [0.2, 0.25) is 0 Å². The molecule has 1 spiro atoms. The van der Waals surface area contributed by atoms with Crippen molar-refractivity contribution in [3.05, 3.63) is 89.4 Å². The average Bonchev–Trinajstić information content (AvgIpc) is 3.48. The third kappa shape index (κ3) is 3.94. The van der Waals surface area contributed by atoms with Gasteiger partial charge in [0.1, 0.15) is 5.75 Å². The normalized spacial score (nSPS) is 21.6. The second-order valence-electron chi connectivity index (χ2n) is 8.95. The van der Waals surface area contributed by atoms with Crippen LogP contribution >= 0.6 is 0 Å². The van der Waals surface area contributed by atoms with Crippen LogP contribution in [0.25, 0.3) is 0 Å². The highest BCUT2D eigenvalue weighted by molar-refractivity contribution is 5.91. The van der Waals surface area contributed by atoms with Gasteiger partial charge >= 0.3 is 0 Å². The molecule has 0 radical (unpaired) electrons. The summed E-state index contributed by atoms with van der Waals surface area (Å²) in [6.45, 7) is 2.86.